The van der Waals surface area contributed by atoms with Crippen LogP contribution >= 0.6 is 0 Å². The molecule has 0 radical (unpaired) electrons. The van der Waals surface area contributed by atoms with Crippen LogP contribution in [0, 0.1) is 11.8 Å². The molecule has 1 fully saturated rings. The molecule has 1 rings (SSSR count). The van der Waals surface area contributed by atoms with Gasteiger partial charge in [0.2, 0.25) is 0 Å². The summed E-state index contributed by atoms with van der Waals surface area (Å²) in [6, 6.07) is 0. The van der Waals surface area contributed by atoms with E-state index in [2.05, 4.69) is 11.7 Å². The van der Waals surface area contributed by atoms with E-state index in [-0.39, 0.29) is 0 Å². The molecular weight excluding hydrogens is 104 g/mol. The third kappa shape index (κ3) is 1.22. The van der Waals surface area contributed by atoms with E-state index >= 15 is 0 Å². The van der Waals surface area contributed by atoms with Gasteiger partial charge in [-0.15, -0.1) is 0 Å². The zero-order chi connectivity index (χ0) is 5.98. The fourth-order valence-electron chi connectivity index (χ4n) is 0.794. The lowest BCUT2D eigenvalue weighted by Gasteiger charge is -1.91. The van der Waals surface area contributed by atoms with E-state index in [1.807, 2.05) is 0 Å². The van der Waals surface area contributed by atoms with Crippen molar-refractivity contribution < 1.29 is 9.53 Å². The van der Waals surface area contributed by atoms with Crippen molar-refractivity contribution in [1.29, 1.82) is 0 Å². The fourth-order valence-corrected chi connectivity index (χ4v) is 0.794. The van der Waals surface area contributed by atoms with E-state index in [1.54, 1.807) is 0 Å². The quantitative estimate of drug-likeness (QED) is 0.507. The van der Waals surface area contributed by atoms with Crippen molar-refractivity contribution in [3.63, 3.8) is 0 Å². The molecule has 0 aliphatic heterocycles. The molecular formula is C6H10O2. The Balaban J connectivity index is 1.97. The Morgan fingerprint density at radius 3 is 2.88 bits per heavy atom. The van der Waals surface area contributed by atoms with Gasteiger partial charge in [0.15, 0.2) is 0 Å². The molecule has 0 heterocycles. The predicted octanol–water partition coefficient (Wildman–Crippen LogP) is 0.815. The third-order valence-electron chi connectivity index (χ3n) is 1.65. The summed E-state index contributed by atoms with van der Waals surface area (Å²) in [5.41, 5.74) is 0. The minimum Gasteiger partial charge on any atom is -0.468 e. The Morgan fingerprint density at radius 2 is 2.50 bits per heavy atom. The Morgan fingerprint density at radius 1 is 1.88 bits per heavy atom. The van der Waals surface area contributed by atoms with Gasteiger partial charge >= 0.3 is 0 Å². The normalized spacial score (nSPS) is 34.1. The van der Waals surface area contributed by atoms with Crippen LogP contribution in [-0.2, 0) is 9.53 Å². The van der Waals surface area contributed by atoms with Crippen molar-refractivity contribution in [1.82, 2.24) is 0 Å². The second-order valence-electron chi connectivity index (χ2n) is 2.40. The summed E-state index contributed by atoms with van der Waals surface area (Å²) in [7, 11) is 0. The van der Waals surface area contributed by atoms with Gasteiger partial charge in [-0.1, -0.05) is 6.92 Å². The third-order valence-corrected chi connectivity index (χ3v) is 1.65. The Labute approximate surface area is 48.8 Å². The molecule has 0 saturated heterocycles. The lowest BCUT2D eigenvalue weighted by Crippen LogP contribution is -1.93. The van der Waals surface area contributed by atoms with Crippen molar-refractivity contribution in [3.05, 3.63) is 0 Å². The molecule has 2 atom stereocenters. The second-order valence-corrected chi connectivity index (χ2v) is 2.40. The van der Waals surface area contributed by atoms with Crippen molar-refractivity contribution in [2.24, 2.45) is 11.8 Å². The SMILES string of the molecule is CC1CC1COC=O. The zero-order valence-corrected chi connectivity index (χ0v) is 4.96. The van der Waals surface area contributed by atoms with E-state index in [1.165, 1.54) is 6.42 Å². The number of rotatable bonds is 3. The first-order valence-electron chi connectivity index (χ1n) is 2.90. The van der Waals surface area contributed by atoms with Crippen LogP contribution in [0.1, 0.15) is 13.3 Å². The summed E-state index contributed by atoms with van der Waals surface area (Å²) in [4.78, 5) is 9.62. The molecule has 46 valence electrons. The van der Waals surface area contributed by atoms with Crippen molar-refractivity contribution in [2.75, 3.05) is 6.61 Å². The summed E-state index contributed by atoms with van der Waals surface area (Å²) in [6.07, 6.45) is 1.23. The Bertz CT molecular complexity index is 90.5. The highest BCUT2D eigenvalue weighted by Crippen LogP contribution is 2.37. The number of hydrogen-bond acceptors (Lipinski definition) is 2. The molecule has 8 heavy (non-hydrogen) atoms. The summed E-state index contributed by atoms with van der Waals surface area (Å²) >= 11 is 0. The number of ether oxygens (including phenoxy) is 1. The van der Waals surface area contributed by atoms with E-state index in [4.69, 9.17) is 0 Å². The van der Waals surface area contributed by atoms with Gasteiger partial charge in [-0.25, -0.2) is 0 Å². The predicted molar refractivity (Wildman–Crippen MR) is 29.3 cm³/mol. The standard InChI is InChI=1S/C6H10O2/c1-5-2-6(5)3-8-4-7/h4-6H,2-3H2,1H3. The van der Waals surface area contributed by atoms with Gasteiger partial charge < -0.3 is 4.74 Å². The van der Waals surface area contributed by atoms with Crippen molar-refractivity contribution >= 4 is 6.47 Å². The molecule has 2 nitrogen and oxygen atoms in total. The smallest absolute Gasteiger partial charge is 0.293 e. The van der Waals surface area contributed by atoms with E-state index in [9.17, 15) is 4.79 Å². The first-order valence-corrected chi connectivity index (χ1v) is 2.90. The molecule has 2 unspecified atom stereocenters. The van der Waals surface area contributed by atoms with Gasteiger partial charge in [0, 0.05) is 0 Å². The van der Waals surface area contributed by atoms with Crippen LogP contribution in [0.5, 0.6) is 0 Å². The summed E-state index contributed by atoms with van der Waals surface area (Å²) in [5, 5.41) is 0. The summed E-state index contributed by atoms with van der Waals surface area (Å²) < 4.78 is 4.55. The molecule has 0 aromatic heterocycles. The average Bonchev–Trinajstić information content (AvgIpc) is 2.42. The van der Waals surface area contributed by atoms with Gasteiger partial charge in [0.05, 0.1) is 6.61 Å². The van der Waals surface area contributed by atoms with E-state index in [0.29, 0.717) is 19.0 Å². The van der Waals surface area contributed by atoms with E-state index < -0.39 is 0 Å². The van der Waals surface area contributed by atoms with Gasteiger partial charge in [0.25, 0.3) is 6.47 Å². The number of carbonyl (C=O) groups is 1. The molecule has 0 aromatic rings. The second kappa shape index (κ2) is 2.16. The molecule has 0 amide bonds. The lowest BCUT2D eigenvalue weighted by atomic mass is 10.4. The first-order chi connectivity index (χ1) is 3.84. The van der Waals surface area contributed by atoms with Gasteiger partial charge in [-0.3, -0.25) is 4.79 Å². The maximum absolute atomic E-state index is 9.62. The molecule has 1 aliphatic rings. The van der Waals surface area contributed by atoms with Gasteiger partial charge in [-0.05, 0) is 18.3 Å². The lowest BCUT2D eigenvalue weighted by molar-refractivity contribution is -0.129. The van der Waals surface area contributed by atoms with Crippen LogP contribution in [0.15, 0.2) is 0 Å². The van der Waals surface area contributed by atoms with Gasteiger partial charge in [-0.2, -0.15) is 0 Å². The van der Waals surface area contributed by atoms with E-state index in [0.717, 1.165) is 5.92 Å². The minimum atomic E-state index is 0.519. The van der Waals surface area contributed by atoms with Crippen LogP contribution in [0.3, 0.4) is 0 Å². The van der Waals surface area contributed by atoms with Crippen LogP contribution in [0.4, 0.5) is 0 Å². The van der Waals surface area contributed by atoms with Gasteiger partial charge in [0.1, 0.15) is 0 Å². The molecule has 1 saturated carbocycles. The van der Waals surface area contributed by atoms with Crippen molar-refractivity contribution in [2.45, 2.75) is 13.3 Å². The van der Waals surface area contributed by atoms with Crippen LogP contribution in [0.25, 0.3) is 0 Å². The minimum absolute atomic E-state index is 0.519. The summed E-state index contributed by atoms with van der Waals surface area (Å²) in [6.45, 7) is 3.31. The number of carbonyl (C=O) groups excluding carboxylic acids is 1. The zero-order valence-electron chi connectivity index (χ0n) is 4.96. The first kappa shape index (κ1) is 5.60. The largest absolute Gasteiger partial charge is 0.468 e. The average molecular weight is 114 g/mol. The van der Waals surface area contributed by atoms with Crippen LogP contribution in [-0.4, -0.2) is 13.1 Å². The Kier molecular flexibility index (Phi) is 1.51. The summed E-state index contributed by atoms with van der Waals surface area (Å²) in [5.74, 6) is 1.45. The topological polar surface area (TPSA) is 26.3 Å². The van der Waals surface area contributed by atoms with Crippen LogP contribution in [0.2, 0.25) is 0 Å². The fraction of sp³-hybridized carbons (Fsp3) is 0.833. The highest BCUT2D eigenvalue weighted by atomic mass is 16.5. The van der Waals surface area contributed by atoms with Crippen LogP contribution < -0.4 is 0 Å². The molecule has 1 aliphatic carbocycles. The Hall–Kier alpha value is -0.530. The highest BCUT2D eigenvalue weighted by molar-refractivity contribution is 5.36. The molecule has 2 heteroatoms. The molecule has 0 N–H and O–H groups in total. The molecule has 0 aromatic carbocycles. The highest BCUT2D eigenvalue weighted by Gasteiger charge is 2.32. The molecule has 0 spiro atoms. The van der Waals surface area contributed by atoms with Crippen molar-refractivity contribution in [3.8, 4) is 0 Å². The maximum Gasteiger partial charge on any atom is 0.293 e. The number of hydrogen-bond donors (Lipinski definition) is 0. The monoisotopic (exact) mass is 114 g/mol. The maximum atomic E-state index is 9.62. The molecule has 0 bridgehead atoms.